The molecule has 1 aliphatic heterocycles. The van der Waals surface area contributed by atoms with E-state index in [9.17, 15) is 19.8 Å². The molecule has 1 aliphatic rings. The van der Waals surface area contributed by atoms with Gasteiger partial charge < -0.3 is 15.1 Å². The fraction of sp³-hybridized carbons (Fsp3) is 0.692. The van der Waals surface area contributed by atoms with Crippen molar-refractivity contribution in [1.82, 2.24) is 4.90 Å². The zero-order valence-electron chi connectivity index (χ0n) is 21.6. The molecule has 0 aromatic heterocycles. The number of amides is 1. The quantitative estimate of drug-likeness (QED) is 0.548. The Morgan fingerprint density at radius 1 is 1.12 bits per heavy atom. The van der Waals surface area contributed by atoms with E-state index in [2.05, 4.69) is 33.9 Å². The summed E-state index contributed by atoms with van der Waals surface area (Å²) in [6.07, 6.45) is 0.183. The van der Waals surface area contributed by atoms with Crippen LogP contribution in [0.3, 0.4) is 0 Å². The average Bonchev–Trinajstić information content (AvgIpc) is 2.89. The molecule has 0 radical (unpaired) electrons. The van der Waals surface area contributed by atoms with Gasteiger partial charge in [0.05, 0.1) is 31.5 Å². The van der Waals surface area contributed by atoms with E-state index in [1.807, 2.05) is 58.0 Å². The molecule has 180 valence electrons. The lowest BCUT2D eigenvalue weighted by atomic mass is 9.65. The lowest BCUT2D eigenvalue weighted by Crippen LogP contribution is -2.54. The van der Waals surface area contributed by atoms with Crippen molar-refractivity contribution >= 4 is 20.0 Å². The van der Waals surface area contributed by atoms with E-state index in [4.69, 9.17) is 0 Å². The molecule has 1 aromatic carbocycles. The molecular weight excluding hydrogens is 418 g/mol. The number of aliphatic carboxylic acids is 1. The number of rotatable bonds is 6. The molecule has 5 nitrogen and oxygen atoms in total. The topological polar surface area (TPSA) is 77.8 Å². The van der Waals surface area contributed by atoms with Crippen LogP contribution in [0.4, 0.5) is 0 Å². The molecule has 6 heteroatoms. The predicted octanol–water partition coefficient (Wildman–Crippen LogP) is 5.51. The third-order valence-corrected chi connectivity index (χ3v) is 14.1. The van der Waals surface area contributed by atoms with Gasteiger partial charge in [0.15, 0.2) is 0 Å². The van der Waals surface area contributed by atoms with Gasteiger partial charge in [0.1, 0.15) is 0 Å². The first kappa shape index (κ1) is 26.6. The van der Waals surface area contributed by atoms with E-state index in [1.165, 1.54) is 0 Å². The van der Waals surface area contributed by atoms with E-state index in [1.54, 1.807) is 11.8 Å². The van der Waals surface area contributed by atoms with Crippen LogP contribution in [0.2, 0.25) is 18.1 Å². The van der Waals surface area contributed by atoms with Crippen LogP contribution < -0.4 is 0 Å². The zero-order valence-corrected chi connectivity index (χ0v) is 22.6. The summed E-state index contributed by atoms with van der Waals surface area (Å²) >= 11 is 0. The first-order chi connectivity index (χ1) is 14.4. The molecule has 2 rings (SSSR count). The van der Waals surface area contributed by atoms with Crippen molar-refractivity contribution in [3.05, 3.63) is 35.9 Å². The zero-order chi connectivity index (χ0) is 24.9. The Hall–Kier alpha value is -1.66. The first-order valence-electron chi connectivity index (χ1n) is 11.7. The van der Waals surface area contributed by atoms with Gasteiger partial charge in [0, 0.05) is 5.73 Å². The van der Waals surface area contributed by atoms with Crippen molar-refractivity contribution < 1.29 is 19.8 Å². The summed E-state index contributed by atoms with van der Waals surface area (Å²) in [4.78, 5) is 28.6. The van der Waals surface area contributed by atoms with Crippen LogP contribution in [-0.2, 0) is 9.59 Å². The SMILES string of the molecule is C[C@H](c1ccccc1)N1C(=O)C(CC(O)[Si](C)(C)C(C)(C)C)[C@](C)(C(=O)O)C1C(C)(C)C. The average molecular weight is 462 g/mol. The lowest BCUT2D eigenvalue weighted by molar-refractivity contribution is -0.155. The van der Waals surface area contributed by atoms with E-state index in [0.29, 0.717) is 0 Å². The van der Waals surface area contributed by atoms with Gasteiger partial charge in [0.25, 0.3) is 0 Å². The van der Waals surface area contributed by atoms with Crippen molar-refractivity contribution in [3.63, 3.8) is 0 Å². The molecule has 0 aliphatic carbocycles. The Morgan fingerprint density at radius 2 is 1.62 bits per heavy atom. The van der Waals surface area contributed by atoms with Gasteiger partial charge in [-0.25, -0.2) is 0 Å². The summed E-state index contributed by atoms with van der Waals surface area (Å²) in [6.45, 7) is 20.3. The first-order valence-corrected chi connectivity index (χ1v) is 14.7. The molecule has 1 saturated heterocycles. The number of aliphatic hydroxyl groups excluding tert-OH is 1. The van der Waals surface area contributed by atoms with Crippen LogP contribution in [0, 0.1) is 16.7 Å². The summed E-state index contributed by atoms with van der Waals surface area (Å²) in [7, 11) is -2.19. The van der Waals surface area contributed by atoms with Crippen molar-refractivity contribution in [2.75, 3.05) is 0 Å². The Balaban J connectivity index is 2.61. The van der Waals surface area contributed by atoms with Gasteiger partial charge in [-0.15, -0.1) is 0 Å². The highest BCUT2D eigenvalue weighted by atomic mass is 28.3. The number of likely N-dealkylation sites (tertiary alicyclic amines) is 1. The Kier molecular flexibility index (Phi) is 7.15. The highest BCUT2D eigenvalue weighted by Crippen LogP contribution is 2.54. The number of nitrogens with zero attached hydrogens (tertiary/aromatic N) is 1. The maximum Gasteiger partial charge on any atom is 0.312 e. The minimum absolute atomic E-state index is 0.0753. The van der Waals surface area contributed by atoms with Crippen LogP contribution in [-0.4, -0.2) is 46.8 Å². The molecule has 1 fully saturated rings. The summed E-state index contributed by atoms with van der Waals surface area (Å²) in [5.41, 5.74) is -1.46. The van der Waals surface area contributed by atoms with Gasteiger partial charge in [-0.3, -0.25) is 9.59 Å². The number of hydrogen-bond acceptors (Lipinski definition) is 3. The number of aliphatic hydroxyl groups is 1. The Labute approximate surface area is 195 Å². The van der Waals surface area contributed by atoms with E-state index < -0.39 is 42.6 Å². The fourth-order valence-electron chi connectivity index (χ4n) is 5.30. The van der Waals surface area contributed by atoms with Gasteiger partial charge in [-0.2, -0.15) is 0 Å². The normalized spacial score (nSPS) is 26.8. The highest BCUT2D eigenvalue weighted by molar-refractivity contribution is 6.81. The fourth-order valence-corrected chi connectivity index (χ4v) is 7.12. The maximum atomic E-state index is 14.0. The number of carboxylic acids is 1. The summed E-state index contributed by atoms with van der Waals surface area (Å²) < 4.78 is 0. The Morgan fingerprint density at radius 3 is 2.03 bits per heavy atom. The van der Waals surface area contributed by atoms with Crippen molar-refractivity contribution in [2.45, 2.75) is 97.8 Å². The number of carbonyl (C=O) groups excluding carboxylic acids is 1. The molecule has 32 heavy (non-hydrogen) atoms. The van der Waals surface area contributed by atoms with Crippen LogP contribution in [0.15, 0.2) is 30.3 Å². The molecular formula is C26H43NO4Si. The molecule has 2 N–H and O–H groups in total. The van der Waals surface area contributed by atoms with Crippen LogP contribution >= 0.6 is 0 Å². The lowest BCUT2D eigenvalue weighted by Gasteiger charge is -2.45. The predicted molar refractivity (Wildman–Crippen MR) is 132 cm³/mol. The third-order valence-electron chi connectivity index (χ3n) is 8.33. The van der Waals surface area contributed by atoms with Crippen molar-refractivity contribution in [1.29, 1.82) is 0 Å². The number of carbonyl (C=O) groups is 2. The van der Waals surface area contributed by atoms with Gasteiger partial charge in [-0.1, -0.05) is 85.0 Å². The number of hydrogen-bond donors (Lipinski definition) is 2. The number of benzene rings is 1. The van der Waals surface area contributed by atoms with E-state index in [0.717, 1.165) is 5.56 Å². The van der Waals surface area contributed by atoms with Crippen molar-refractivity contribution in [3.8, 4) is 0 Å². The monoisotopic (exact) mass is 461 g/mol. The Bertz CT molecular complexity index is 840. The second-order valence-electron chi connectivity index (χ2n) is 12.5. The highest BCUT2D eigenvalue weighted by Gasteiger charge is 2.65. The van der Waals surface area contributed by atoms with E-state index in [-0.39, 0.29) is 23.4 Å². The molecule has 0 spiro atoms. The second kappa shape index (κ2) is 8.60. The van der Waals surface area contributed by atoms with Gasteiger partial charge in [-0.05, 0) is 36.3 Å². The number of carboxylic acid groups (broad SMARTS) is 1. The molecule has 1 amide bonds. The third kappa shape index (κ3) is 4.40. The minimum Gasteiger partial charge on any atom is -0.481 e. The maximum absolute atomic E-state index is 14.0. The van der Waals surface area contributed by atoms with Crippen LogP contribution in [0.1, 0.15) is 73.4 Å². The summed E-state index contributed by atoms with van der Waals surface area (Å²) in [5, 5.41) is 21.7. The molecule has 1 aromatic rings. The standard InChI is InChI=1S/C26H43NO4Si/c1-17(18-14-12-11-13-15-18)27-21(29)19(16-20(28)32(9,10)25(5,6)7)26(8,23(30)31)22(27)24(2,3)4/h11-15,17,19-20,22,28H,16H2,1-10H3,(H,30,31)/t17-,19?,20?,22?,26+/m1/s1. The molecule has 1 heterocycles. The summed E-state index contributed by atoms with van der Waals surface area (Å²) in [5.74, 6) is -1.91. The molecule has 0 bridgehead atoms. The second-order valence-corrected chi connectivity index (χ2v) is 18.1. The van der Waals surface area contributed by atoms with Gasteiger partial charge in [0.2, 0.25) is 5.91 Å². The van der Waals surface area contributed by atoms with Crippen molar-refractivity contribution in [2.24, 2.45) is 16.7 Å². The largest absolute Gasteiger partial charge is 0.481 e. The van der Waals surface area contributed by atoms with Crippen LogP contribution in [0.5, 0.6) is 0 Å². The van der Waals surface area contributed by atoms with E-state index >= 15 is 0 Å². The molecule has 5 atom stereocenters. The smallest absolute Gasteiger partial charge is 0.312 e. The van der Waals surface area contributed by atoms with Crippen LogP contribution in [0.25, 0.3) is 0 Å². The minimum atomic E-state index is -2.19. The molecule has 3 unspecified atom stereocenters. The molecule has 0 saturated carbocycles. The summed E-state index contributed by atoms with van der Waals surface area (Å²) in [6, 6.07) is 9.00. The van der Waals surface area contributed by atoms with Gasteiger partial charge >= 0.3 is 5.97 Å².